The smallest absolute Gasteiger partial charge is 0.413 e. The van der Waals surface area contributed by atoms with Gasteiger partial charge in [0.2, 0.25) is 0 Å². The third-order valence-electron chi connectivity index (χ3n) is 6.71. The topological polar surface area (TPSA) is 124 Å². The molecule has 1 aromatic heterocycles. The van der Waals surface area contributed by atoms with Crippen molar-refractivity contribution in [2.75, 3.05) is 18.5 Å². The van der Waals surface area contributed by atoms with E-state index in [1.807, 2.05) is 0 Å². The Morgan fingerprint density at radius 3 is 2.14 bits per heavy atom. The number of hydrogen-bond acceptors (Lipinski definition) is 7. The summed E-state index contributed by atoms with van der Waals surface area (Å²) in [7, 11) is -1.94. The number of carboxylic acids is 1. The minimum absolute atomic E-state index is 0.0461. The van der Waals surface area contributed by atoms with Gasteiger partial charge in [-0.15, -0.1) is 0 Å². The third kappa shape index (κ3) is 12.3. The molecule has 2 rings (SSSR count). The van der Waals surface area contributed by atoms with E-state index in [-0.39, 0.29) is 30.5 Å². The summed E-state index contributed by atoms with van der Waals surface area (Å²) >= 11 is 0. The fourth-order valence-electron chi connectivity index (χ4n) is 3.29. The maximum atomic E-state index is 12.4. The number of nitrogens with zero attached hydrogens (tertiary/aromatic N) is 1. The van der Waals surface area contributed by atoms with Crippen LogP contribution in [-0.2, 0) is 29.9 Å². The SMILES string of the molecule is CC(C(=O)O)c1cc(C#CCOC(=O)Cc2ccnc(NC(=O)OC(C)(C)C)c2)cc(C#CCO[Si](C)(C)C(C)(C)C)c1. The molecule has 0 aliphatic heterocycles. The first kappa shape index (κ1) is 35.1. The zero-order valence-electron chi connectivity index (χ0n) is 26.5. The molecule has 2 aromatic rings. The summed E-state index contributed by atoms with van der Waals surface area (Å²) in [5.74, 6) is 9.89. The van der Waals surface area contributed by atoms with Crippen LogP contribution in [0.2, 0.25) is 18.1 Å². The molecule has 9 nitrogen and oxygen atoms in total. The fraction of sp³-hybridized carbons (Fsp3) is 0.455. The number of aromatic nitrogens is 1. The number of anilines is 1. The van der Waals surface area contributed by atoms with E-state index in [1.165, 1.54) is 6.20 Å². The zero-order chi connectivity index (χ0) is 32.4. The van der Waals surface area contributed by atoms with E-state index in [4.69, 9.17) is 13.9 Å². The maximum Gasteiger partial charge on any atom is 0.413 e. The summed E-state index contributed by atoms with van der Waals surface area (Å²) in [5, 5.41) is 12.1. The van der Waals surface area contributed by atoms with Gasteiger partial charge in [-0.05, 0) is 87.3 Å². The van der Waals surface area contributed by atoms with Crippen molar-refractivity contribution in [3.05, 3.63) is 58.8 Å². The van der Waals surface area contributed by atoms with Crippen LogP contribution in [0.5, 0.6) is 0 Å². The van der Waals surface area contributed by atoms with Crippen molar-refractivity contribution in [1.82, 2.24) is 4.98 Å². The molecule has 0 saturated heterocycles. The summed E-state index contributed by atoms with van der Waals surface area (Å²) in [6.07, 6.45) is 0.779. The summed E-state index contributed by atoms with van der Waals surface area (Å²) in [6, 6.07) is 8.40. The van der Waals surface area contributed by atoms with E-state index in [2.05, 4.69) is 67.8 Å². The van der Waals surface area contributed by atoms with Gasteiger partial charge in [0.15, 0.2) is 14.9 Å². The number of amides is 1. The monoisotopic (exact) mass is 606 g/mol. The Balaban J connectivity index is 2.06. The molecule has 43 heavy (non-hydrogen) atoms. The maximum absolute atomic E-state index is 12.4. The number of carbonyl (C=O) groups is 3. The quantitative estimate of drug-likeness (QED) is 0.209. The van der Waals surface area contributed by atoms with E-state index < -0.39 is 37.9 Å². The highest BCUT2D eigenvalue weighted by Gasteiger charge is 2.36. The van der Waals surface area contributed by atoms with Gasteiger partial charge in [0.05, 0.1) is 18.9 Å². The number of nitrogens with one attached hydrogen (secondary N) is 1. The third-order valence-corrected chi connectivity index (χ3v) is 11.2. The molecule has 0 bridgehead atoms. The van der Waals surface area contributed by atoms with Crippen LogP contribution in [0.25, 0.3) is 0 Å². The first-order valence-electron chi connectivity index (χ1n) is 14.0. The summed E-state index contributed by atoms with van der Waals surface area (Å²) in [6.45, 7) is 17.8. The normalized spacial score (nSPS) is 12.1. The lowest BCUT2D eigenvalue weighted by molar-refractivity contribution is -0.141. The van der Waals surface area contributed by atoms with E-state index in [0.29, 0.717) is 22.3 Å². The lowest BCUT2D eigenvalue weighted by atomic mass is 9.96. The van der Waals surface area contributed by atoms with Crippen molar-refractivity contribution in [2.45, 2.75) is 84.5 Å². The number of pyridine rings is 1. The molecule has 10 heteroatoms. The van der Waals surface area contributed by atoms with Gasteiger partial charge < -0.3 is 19.0 Å². The first-order chi connectivity index (χ1) is 19.9. The molecule has 0 radical (unpaired) electrons. The standard InChI is InChI=1S/C33H42N2O7Si/c1-23(30(37)38)27-19-24(18-25(20-27)13-11-17-41-43(8,9)33(5,6)7)12-10-16-40-29(36)22-26-14-15-34-28(21-26)35-31(39)42-32(2,3)4/h14-15,18-21,23H,16-17,22H2,1-9H3,(H,37,38)(H,34,35,39). The van der Waals surface area contributed by atoms with Crippen molar-refractivity contribution < 1.29 is 33.4 Å². The number of aliphatic carboxylic acids is 1. The molecule has 2 N–H and O–H groups in total. The molecule has 0 fully saturated rings. The van der Waals surface area contributed by atoms with Crippen LogP contribution in [0.3, 0.4) is 0 Å². The minimum Gasteiger partial charge on any atom is -0.481 e. The van der Waals surface area contributed by atoms with Crippen molar-refractivity contribution in [3.63, 3.8) is 0 Å². The predicted octanol–water partition coefficient (Wildman–Crippen LogP) is 6.13. The Labute approximate surface area is 255 Å². The van der Waals surface area contributed by atoms with Gasteiger partial charge in [-0.3, -0.25) is 14.9 Å². The predicted molar refractivity (Wildman–Crippen MR) is 168 cm³/mol. The molecular formula is C33H42N2O7Si. The molecule has 0 aliphatic carbocycles. The van der Waals surface area contributed by atoms with Gasteiger partial charge in [0.1, 0.15) is 11.4 Å². The molecule has 0 aliphatic rings. The number of rotatable bonds is 8. The van der Waals surface area contributed by atoms with Crippen LogP contribution in [0.4, 0.5) is 10.6 Å². The molecule has 1 atom stereocenters. The summed E-state index contributed by atoms with van der Waals surface area (Å²) in [5.41, 5.74) is 1.69. The zero-order valence-corrected chi connectivity index (χ0v) is 27.5. The van der Waals surface area contributed by atoms with E-state index in [0.717, 1.165) is 0 Å². The number of hydrogen-bond donors (Lipinski definition) is 2. The van der Waals surface area contributed by atoms with Crippen LogP contribution in [-0.4, -0.2) is 55.3 Å². The Morgan fingerprint density at radius 2 is 1.58 bits per heavy atom. The van der Waals surface area contributed by atoms with Crippen LogP contribution in [0.15, 0.2) is 36.5 Å². The molecule has 1 heterocycles. The van der Waals surface area contributed by atoms with Crippen LogP contribution in [0, 0.1) is 23.7 Å². The van der Waals surface area contributed by atoms with Crippen LogP contribution >= 0.6 is 0 Å². The van der Waals surface area contributed by atoms with Crippen LogP contribution in [0.1, 0.15) is 76.6 Å². The van der Waals surface area contributed by atoms with Gasteiger partial charge in [-0.2, -0.15) is 0 Å². The second-order valence-electron chi connectivity index (χ2n) is 12.6. The molecule has 1 amide bonds. The van der Waals surface area contributed by atoms with Crippen molar-refractivity contribution in [2.24, 2.45) is 0 Å². The summed E-state index contributed by atoms with van der Waals surface area (Å²) < 4.78 is 16.6. The Bertz CT molecular complexity index is 1450. The number of esters is 1. The highest BCUT2D eigenvalue weighted by molar-refractivity contribution is 6.74. The molecule has 1 unspecified atom stereocenters. The van der Waals surface area contributed by atoms with Gasteiger partial charge >= 0.3 is 18.0 Å². The number of ether oxygens (including phenoxy) is 2. The van der Waals surface area contributed by atoms with Gasteiger partial charge in [0, 0.05) is 17.3 Å². The fourth-order valence-corrected chi connectivity index (χ4v) is 4.16. The number of benzene rings is 1. The van der Waals surface area contributed by atoms with E-state index in [9.17, 15) is 19.5 Å². The molecular weight excluding hydrogens is 564 g/mol. The van der Waals surface area contributed by atoms with Crippen LogP contribution < -0.4 is 5.32 Å². The summed E-state index contributed by atoms with van der Waals surface area (Å²) in [4.78, 5) is 40.1. The van der Waals surface area contributed by atoms with Gasteiger partial charge in [-0.1, -0.05) is 44.5 Å². The van der Waals surface area contributed by atoms with Crippen molar-refractivity contribution in [1.29, 1.82) is 0 Å². The van der Waals surface area contributed by atoms with Crippen molar-refractivity contribution >= 4 is 32.2 Å². The van der Waals surface area contributed by atoms with Gasteiger partial charge in [-0.25, -0.2) is 9.78 Å². The Kier molecular flexibility index (Phi) is 12.1. The second-order valence-corrected chi connectivity index (χ2v) is 17.4. The van der Waals surface area contributed by atoms with E-state index in [1.54, 1.807) is 58.0 Å². The lowest BCUT2D eigenvalue weighted by Crippen LogP contribution is -2.40. The molecule has 0 spiro atoms. The average Bonchev–Trinajstić information content (AvgIpc) is 2.87. The molecule has 230 valence electrons. The Morgan fingerprint density at radius 1 is 0.977 bits per heavy atom. The van der Waals surface area contributed by atoms with E-state index >= 15 is 0 Å². The highest BCUT2D eigenvalue weighted by atomic mass is 28.4. The largest absolute Gasteiger partial charge is 0.481 e. The lowest BCUT2D eigenvalue weighted by Gasteiger charge is -2.35. The Hall–Kier alpha value is -4.12. The van der Waals surface area contributed by atoms with Crippen molar-refractivity contribution in [3.8, 4) is 23.7 Å². The number of carbonyl (C=O) groups excluding carboxylic acids is 2. The number of carboxylic acid groups (broad SMARTS) is 1. The second kappa shape index (κ2) is 14.9. The average molecular weight is 607 g/mol. The minimum atomic E-state index is -1.94. The van der Waals surface area contributed by atoms with Gasteiger partial charge in [0.25, 0.3) is 0 Å². The highest BCUT2D eigenvalue weighted by Crippen LogP contribution is 2.36. The molecule has 1 aromatic carbocycles. The first-order valence-corrected chi connectivity index (χ1v) is 16.9. The molecule has 0 saturated carbocycles.